The predicted molar refractivity (Wildman–Crippen MR) is 87.5 cm³/mol. The lowest BCUT2D eigenvalue weighted by Gasteiger charge is -2.10. The predicted octanol–water partition coefficient (Wildman–Crippen LogP) is 2.18. The molecule has 0 saturated carbocycles. The first kappa shape index (κ1) is 18.5. The lowest BCUT2D eigenvalue weighted by atomic mass is 10.2. The van der Waals surface area contributed by atoms with Gasteiger partial charge in [0.15, 0.2) is 11.5 Å². The van der Waals surface area contributed by atoms with Gasteiger partial charge in [0.2, 0.25) is 5.91 Å². The Morgan fingerprint density at radius 3 is 2.65 bits per heavy atom. The molecular weight excluding hydrogens is 298 g/mol. The van der Waals surface area contributed by atoms with Gasteiger partial charge in [0, 0.05) is 12.6 Å². The summed E-state index contributed by atoms with van der Waals surface area (Å²) in [6, 6.07) is 5.44. The van der Waals surface area contributed by atoms with E-state index >= 15 is 0 Å². The third-order valence-corrected chi connectivity index (χ3v) is 2.93. The smallest absolute Gasteiger partial charge is 0.307 e. The fourth-order valence-electron chi connectivity index (χ4n) is 1.74. The van der Waals surface area contributed by atoms with Gasteiger partial charge in [-0.05, 0) is 30.2 Å². The van der Waals surface area contributed by atoms with Crippen LogP contribution >= 0.6 is 0 Å². The number of amides is 1. The minimum Gasteiger partial charge on any atom is -0.493 e. The second-order valence-corrected chi connectivity index (χ2v) is 4.71. The summed E-state index contributed by atoms with van der Waals surface area (Å²) in [5.41, 5.74) is 0.814. The highest BCUT2D eigenvalue weighted by molar-refractivity contribution is 5.92. The van der Waals surface area contributed by atoms with Gasteiger partial charge in [-0.3, -0.25) is 9.59 Å². The first-order valence-electron chi connectivity index (χ1n) is 7.44. The molecule has 0 heterocycles. The van der Waals surface area contributed by atoms with E-state index in [4.69, 9.17) is 9.47 Å². The van der Waals surface area contributed by atoms with Gasteiger partial charge in [-0.25, -0.2) is 0 Å². The average Bonchev–Trinajstić information content (AvgIpc) is 2.58. The van der Waals surface area contributed by atoms with Gasteiger partial charge in [0.25, 0.3) is 0 Å². The SMILES string of the molecule is CCCOc1ccc(/C=C/C(=O)NCCC(=O)OC)cc1OC. The van der Waals surface area contributed by atoms with Gasteiger partial charge in [-0.15, -0.1) is 0 Å². The molecule has 0 spiro atoms. The summed E-state index contributed by atoms with van der Waals surface area (Å²) in [5, 5.41) is 2.60. The van der Waals surface area contributed by atoms with Gasteiger partial charge >= 0.3 is 5.97 Å². The first-order chi connectivity index (χ1) is 11.1. The van der Waals surface area contributed by atoms with E-state index in [1.54, 1.807) is 19.3 Å². The molecule has 6 heteroatoms. The number of hydrogen-bond donors (Lipinski definition) is 1. The third-order valence-electron chi connectivity index (χ3n) is 2.93. The second-order valence-electron chi connectivity index (χ2n) is 4.71. The molecule has 1 amide bonds. The number of carbonyl (C=O) groups is 2. The van der Waals surface area contributed by atoms with Crippen molar-refractivity contribution in [2.24, 2.45) is 0 Å². The third kappa shape index (κ3) is 6.86. The van der Waals surface area contributed by atoms with Crippen molar-refractivity contribution >= 4 is 18.0 Å². The van der Waals surface area contributed by atoms with E-state index in [2.05, 4.69) is 10.1 Å². The molecule has 0 bridgehead atoms. The summed E-state index contributed by atoms with van der Waals surface area (Å²) in [7, 11) is 2.88. The summed E-state index contributed by atoms with van der Waals surface area (Å²) in [6.07, 6.45) is 4.13. The van der Waals surface area contributed by atoms with Gasteiger partial charge in [0.05, 0.1) is 27.2 Å². The Labute approximate surface area is 136 Å². The zero-order valence-corrected chi connectivity index (χ0v) is 13.8. The van der Waals surface area contributed by atoms with Crippen LogP contribution in [0.4, 0.5) is 0 Å². The lowest BCUT2D eigenvalue weighted by molar-refractivity contribution is -0.140. The van der Waals surface area contributed by atoms with E-state index in [1.165, 1.54) is 13.2 Å². The van der Waals surface area contributed by atoms with Crippen molar-refractivity contribution in [3.05, 3.63) is 29.8 Å². The highest BCUT2D eigenvalue weighted by Gasteiger charge is 2.05. The maximum Gasteiger partial charge on any atom is 0.307 e. The van der Waals surface area contributed by atoms with E-state index < -0.39 is 0 Å². The molecule has 0 atom stereocenters. The van der Waals surface area contributed by atoms with Crippen LogP contribution in [0.25, 0.3) is 6.08 Å². The molecule has 1 rings (SSSR count). The number of hydrogen-bond acceptors (Lipinski definition) is 5. The Balaban J connectivity index is 2.58. The van der Waals surface area contributed by atoms with Crippen molar-refractivity contribution in [3.8, 4) is 11.5 Å². The topological polar surface area (TPSA) is 73.9 Å². The number of rotatable bonds is 9. The van der Waals surface area contributed by atoms with E-state index in [0.29, 0.717) is 18.1 Å². The largest absolute Gasteiger partial charge is 0.493 e. The first-order valence-corrected chi connectivity index (χ1v) is 7.44. The van der Waals surface area contributed by atoms with Crippen molar-refractivity contribution in [2.45, 2.75) is 19.8 Å². The Morgan fingerprint density at radius 2 is 2.00 bits per heavy atom. The van der Waals surface area contributed by atoms with E-state index in [1.807, 2.05) is 19.1 Å². The molecule has 0 saturated heterocycles. The van der Waals surface area contributed by atoms with Crippen LogP contribution in [-0.4, -0.2) is 39.2 Å². The summed E-state index contributed by atoms with van der Waals surface area (Å²) in [4.78, 5) is 22.6. The average molecular weight is 321 g/mol. The number of methoxy groups -OCH3 is 2. The maximum atomic E-state index is 11.6. The molecule has 23 heavy (non-hydrogen) atoms. The van der Waals surface area contributed by atoms with Gasteiger partial charge in [-0.1, -0.05) is 13.0 Å². The Morgan fingerprint density at radius 1 is 1.22 bits per heavy atom. The molecule has 1 N–H and O–H groups in total. The molecule has 126 valence electrons. The summed E-state index contributed by atoms with van der Waals surface area (Å²) in [5.74, 6) is 0.654. The number of benzene rings is 1. The van der Waals surface area contributed by atoms with Crippen molar-refractivity contribution in [2.75, 3.05) is 27.4 Å². The van der Waals surface area contributed by atoms with Crippen LogP contribution in [-0.2, 0) is 14.3 Å². The van der Waals surface area contributed by atoms with Crippen molar-refractivity contribution in [1.29, 1.82) is 0 Å². The Bertz CT molecular complexity index is 554. The Hall–Kier alpha value is -2.50. The molecule has 0 unspecified atom stereocenters. The van der Waals surface area contributed by atoms with Gasteiger partial charge in [0.1, 0.15) is 0 Å². The van der Waals surface area contributed by atoms with Gasteiger partial charge < -0.3 is 19.5 Å². The molecule has 0 aromatic heterocycles. The normalized spacial score (nSPS) is 10.4. The molecule has 0 aliphatic rings. The summed E-state index contributed by atoms with van der Waals surface area (Å²) >= 11 is 0. The van der Waals surface area contributed by atoms with Crippen LogP contribution in [0.5, 0.6) is 11.5 Å². The fourth-order valence-corrected chi connectivity index (χ4v) is 1.74. The van der Waals surface area contributed by atoms with E-state index in [-0.39, 0.29) is 24.8 Å². The highest BCUT2D eigenvalue weighted by Crippen LogP contribution is 2.28. The minimum absolute atomic E-state index is 0.146. The molecular formula is C17H23NO5. The zero-order valence-electron chi connectivity index (χ0n) is 13.8. The molecule has 6 nitrogen and oxygen atoms in total. The van der Waals surface area contributed by atoms with Crippen LogP contribution < -0.4 is 14.8 Å². The number of esters is 1. The number of carbonyl (C=O) groups excluding carboxylic acids is 2. The van der Waals surface area contributed by atoms with Crippen LogP contribution in [0.3, 0.4) is 0 Å². The van der Waals surface area contributed by atoms with Crippen molar-refractivity contribution < 1.29 is 23.8 Å². The van der Waals surface area contributed by atoms with Crippen LogP contribution in [0.1, 0.15) is 25.3 Å². The highest BCUT2D eigenvalue weighted by atomic mass is 16.5. The van der Waals surface area contributed by atoms with Crippen molar-refractivity contribution in [3.63, 3.8) is 0 Å². The molecule has 0 fully saturated rings. The molecule has 1 aromatic rings. The van der Waals surface area contributed by atoms with Crippen LogP contribution in [0.2, 0.25) is 0 Å². The lowest BCUT2D eigenvalue weighted by Crippen LogP contribution is -2.24. The van der Waals surface area contributed by atoms with Crippen LogP contribution in [0, 0.1) is 0 Å². The van der Waals surface area contributed by atoms with Gasteiger partial charge in [-0.2, -0.15) is 0 Å². The zero-order chi connectivity index (χ0) is 17.1. The maximum absolute atomic E-state index is 11.6. The monoisotopic (exact) mass is 321 g/mol. The number of nitrogens with one attached hydrogen (secondary N) is 1. The molecule has 0 aliphatic heterocycles. The number of ether oxygens (including phenoxy) is 3. The fraction of sp³-hybridized carbons (Fsp3) is 0.412. The Kier molecular flexibility index (Phi) is 8.28. The van der Waals surface area contributed by atoms with E-state index in [0.717, 1.165) is 12.0 Å². The summed E-state index contributed by atoms with van der Waals surface area (Å²) in [6.45, 7) is 2.89. The summed E-state index contributed by atoms with van der Waals surface area (Å²) < 4.78 is 15.3. The molecule has 0 aliphatic carbocycles. The van der Waals surface area contributed by atoms with Crippen molar-refractivity contribution in [1.82, 2.24) is 5.32 Å². The quantitative estimate of drug-likeness (QED) is 0.557. The van der Waals surface area contributed by atoms with Crippen LogP contribution in [0.15, 0.2) is 24.3 Å². The second kappa shape index (κ2) is 10.3. The molecule has 1 aromatic carbocycles. The standard InChI is InChI=1S/C17H23NO5/c1-4-11-23-14-7-5-13(12-15(14)21-2)6-8-16(19)18-10-9-17(20)22-3/h5-8,12H,4,9-11H2,1-3H3,(H,18,19)/b8-6+. The minimum atomic E-state index is -0.360. The molecule has 0 radical (unpaired) electrons. The van der Waals surface area contributed by atoms with E-state index in [9.17, 15) is 9.59 Å².